The van der Waals surface area contributed by atoms with Crippen LogP contribution in [0.3, 0.4) is 0 Å². The third kappa shape index (κ3) is 2.20. The van der Waals surface area contributed by atoms with Crippen LogP contribution in [0.1, 0.15) is 28.7 Å². The van der Waals surface area contributed by atoms with Crippen molar-refractivity contribution in [2.45, 2.75) is 19.9 Å². The van der Waals surface area contributed by atoms with Crippen molar-refractivity contribution in [1.82, 2.24) is 10.4 Å². The zero-order valence-electron chi connectivity index (χ0n) is 9.70. The summed E-state index contributed by atoms with van der Waals surface area (Å²) in [5, 5.41) is 0. The zero-order chi connectivity index (χ0) is 12.4. The highest BCUT2D eigenvalue weighted by atomic mass is 19.1. The topological polar surface area (TPSA) is 64.1 Å². The number of furan rings is 1. The Balaban J connectivity index is 2.47. The number of aromatic nitrogens is 1. The van der Waals surface area contributed by atoms with Crippen LogP contribution in [-0.2, 0) is 0 Å². The average Bonchev–Trinajstić information content (AvgIpc) is 2.62. The first-order valence-electron chi connectivity index (χ1n) is 5.26. The van der Waals surface area contributed by atoms with Crippen LogP contribution in [0.15, 0.2) is 28.9 Å². The fourth-order valence-electron chi connectivity index (χ4n) is 1.90. The quantitative estimate of drug-likeness (QED) is 0.630. The van der Waals surface area contributed by atoms with Crippen LogP contribution < -0.4 is 11.3 Å². The second-order valence-electron chi connectivity index (χ2n) is 3.87. The predicted molar refractivity (Wildman–Crippen MR) is 61.5 cm³/mol. The van der Waals surface area contributed by atoms with E-state index in [-0.39, 0.29) is 0 Å². The van der Waals surface area contributed by atoms with E-state index >= 15 is 0 Å². The number of nitrogens with one attached hydrogen (secondary N) is 1. The molecule has 3 N–H and O–H groups in total. The molecule has 90 valence electrons. The van der Waals surface area contributed by atoms with Gasteiger partial charge in [0.2, 0.25) is 0 Å². The second kappa shape index (κ2) is 4.65. The number of pyridine rings is 1. The normalized spacial score (nSPS) is 12.7. The summed E-state index contributed by atoms with van der Waals surface area (Å²) in [7, 11) is 0. The lowest BCUT2D eigenvalue weighted by Gasteiger charge is -2.15. The van der Waals surface area contributed by atoms with Gasteiger partial charge in [-0.05, 0) is 26.0 Å². The summed E-state index contributed by atoms with van der Waals surface area (Å²) in [6, 6.07) is 3.01. The number of hydrazine groups is 1. The van der Waals surface area contributed by atoms with Gasteiger partial charge >= 0.3 is 0 Å². The summed E-state index contributed by atoms with van der Waals surface area (Å²) in [6.45, 7) is 3.67. The smallest absolute Gasteiger partial charge is 0.146 e. The standard InChI is InChI=1S/C12H14FN3O/c1-7-5-10(8(2)17-7)12(16-14)9-3-4-15-6-11(9)13/h3-6,12,16H,14H2,1-2H3. The fraction of sp³-hybridized carbons (Fsp3) is 0.250. The minimum Gasteiger partial charge on any atom is -0.466 e. The van der Waals surface area contributed by atoms with Crippen molar-refractivity contribution in [3.8, 4) is 0 Å². The fourth-order valence-corrected chi connectivity index (χ4v) is 1.90. The van der Waals surface area contributed by atoms with Gasteiger partial charge in [-0.3, -0.25) is 10.8 Å². The van der Waals surface area contributed by atoms with Crippen LogP contribution in [0, 0.1) is 19.7 Å². The maximum atomic E-state index is 13.7. The van der Waals surface area contributed by atoms with E-state index in [1.165, 1.54) is 12.4 Å². The van der Waals surface area contributed by atoms with Crippen molar-refractivity contribution in [3.05, 3.63) is 53.0 Å². The Morgan fingerprint density at radius 2 is 2.18 bits per heavy atom. The van der Waals surface area contributed by atoms with Gasteiger partial charge in [0.25, 0.3) is 0 Å². The lowest BCUT2D eigenvalue weighted by Crippen LogP contribution is -2.29. The highest BCUT2D eigenvalue weighted by molar-refractivity contribution is 5.33. The Kier molecular flexibility index (Phi) is 3.21. The molecule has 0 amide bonds. The van der Waals surface area contributed by atoms with Gasteiger partial charge < -0.3 is 4.42 Å². The molecule has 0 saturated heterocycles. The van der Waals surface area contributed by atoms with Gasteiger partial charge in [-0.25, -0.2) is 9.82 Å². The Hall–Kier alpha value is -1.72. The van der Waals surface area contributed by atoms with Crippen LogP contribution in [0.4, 0.5) is 4.39 Å². The molecule has 0 spiro atoms. The largest absolute Gasteiger partial charge is 0.466 e. The minimum absolute atomic E-state index is 0.395. The SMILES string of the molecule is Cc1cc(C(NN)c2ccncc2F)c(C)o1. The summed E-state index contributed by atoms with van der Waals surface area (Å²) >= 11 is 0. The van der Waals surface area contributed by atoms with E-state index in [2.05, 4.69) is 10.4 Å². The van der Waals surface area contributed by atoms with Gasteiger partial charge in [-0.1, -0.05) is 0 Å². The summed E-state index contributed by atoms with van der Waals surface area (Å²) in [5.74, 6) is 6.60. The van der Waals surface area contributed by atoms with Crippen molar-refractivity contribution in [2.75, 3.05) is 0 Å². The van der Waals surface area contributed by atoms with Crippen LogP contribution >= 0.6 is 0 Å². The molecule has 2 aromatic heterocycles. The number of aryl methyl sites for hydroxylation is 2. The molecule has 2 rings (SSSR count). The molecule has 0 bridgehead atoms. The van der Waals surface area contributed by atoms with E-state index in [1.807, 2.05) is 19.9 Å². The van der Waals surface area contributed by atoms with Gasteiger partial charge in [0.1, 0.15) is 17.3 Å². The van der Waals surface area contributed by atoms with E-state index in [4.69, 9.17) is 10.3 Å². The maximum absolute atomic E-state index is 13.7. The maximum Gasteiger partial charge on any atom is 0.146 e. The molecule has 17 heavy (non-hydrogen) atoms. The van der Waals surface area contributed by atoms with Crippen molar-refractivity contribution >= 4 is 0 Å². The van der Waals surface area contributed by atoms with Crippen LogP contribution in [0.2, 0.25) is 0 Å². The molecule has 0 fully saturated rings. The van der Waals surface area contributed by atoms with Crippen LogP contribution in [-0.4, -0.2) is 4.98 Å². The number of hydrogen-bond acceptors (Lipinski definition) is 4. The zero-order valence-corrected chi connectivity index (χ0v) is 9.70. The molecule has 5 heteroatoms. The van der Waals surface area contributed by atoms with E-state index in [0.717, 1.165) is 17.1 Å². The third-order valence-electron chi connectivity index (χ3n) is 2.67. The van der Waals surface area contributed by atoms with Crippen LogP contribution in [0.25, 0.3) is 0 Å². The molecule has 2 heterocycles. The van der Waals surface area contributed by atoms with E-state index in [1.54, 1.807) is 6.07 Å². The van der Waals surface area contributed by atoms with Crippen LogP contribution in [0.5, 0.6) is 0 Å². The molecule has 2 aromatic rings. The van der Waals surface area contributed by atoms with Gasteiger partial charge in [-0.15, -0.1) is 0 Å². The molecular formula is C12H14FN3O. The molecule has 0 aliphatic heterocycles. The molecule has 1 unspecified atom stereocenters. The summed E-state index contributed by atoms with van der Waals surface area (Å²) < 4.78 is 19.1. The number of hydrogen-bond donors (Lipinski definition) is 2. The molecule has 0 aromatic carbocycles. The van der Waals surface area contributed by atoms with Crippen molar-refractivity contribution < 1.29 is 8.81 Å². The summed E-state index contributed by atoms with van der Waals surface area (Å²) in [6.07, 6.45) is 2.70. The van der Waals surface area contributed by atoms with Crippen molar-refractivity contribution in [3.63, 3.8) is 0 Å². The third-order valence-corrected chi connectivity index (χ3v) is 2.67. The Labute approximate surface area is 98.6 Å². The number of halogens is 1. The second-order valence-corrected chi connectivity index (χ2v) is 3.87. The van der Waals surface area contributed by atoms with Gasteiger partial charge in [0.15, 0.2) is 0 Å². The van der Waals surface area contributed by atoms with E-state index in [0.29, 0.717) is 5.56 Å². The minimum atomic E-state index is -0.435. The number of nitrogens with two attached hydrogens (primary N) is 1. The monoisotopic (exact) mass is 235 g/mol. The Bertz CT molecular complexity index is 524. The summed E-state index contributed by atoms with van der Waals surface area (Å²) in [4.78, 5) is 3.72. The molecule has 1 atom stereocenters. The molecule has 0 saturated carbocycles. The van der Waals surface area contributed by atoms with E-state index < -0.39 is 11.9 Å². The van der Waals surface area contributed by atoms with Crippen molar-refractivity contribution in [1.29, 1.82) is 0 Å². The molecule has 4 nitrogen and oxygen atoms in total. The van der Waals surface area contributed by atoms with Gasteiger partial charge in [-0.2, -0.15) is 0 Å². The van der Waals surface area contributed by atoms with Gasteiger partial charge in [0.05, 0.1) is 12.2 Å². The van der Waals surface area contributed by atoms with Gasteiger partial charge in [0, 0.05) is 17.3 Å². The Morgan fingerprint density at radius 1 is 1.41 bits per heavy atom. The highest BCUT2D eigenvalue weighted by Crippen LogP contribution is 2.27. The number of rotatable bonds is 3. The first-order chi connectivity index (χ1) is 8.13. The highest BCUT2D eigenvalue weighted by Gasteiger charge is 2.20. The Morgan fingerprint density at radius 3 is 2.71 bits per heavy atom. The predicted octanol–water partition coefficient (Wildman–Crippen LogP) is 1.98. The summed E-state index contributed by atoms with van der Waals surface area (Å²) in [5.41, 5.74) is 3.88. The first kappa shape index (κ1) is 11.8. The first-order valence-corrected chi connectivity index (χ1v) is 5.26. The average molecular weight is 235 g/mol. The molecule has 0 aliphatic rings. The lowest BCUT2D eigenvalue weighted by atomic mass is 10.0. The lowest BCUT2D eigenvalue weighted by molar-refractivity contribution is 0.491. The molecular weight excluding hydrogens is 221 g/mol. The molecule has 0 radical (unpaired) electrons. The van der Waals surface area contributed by atoms with Crippen molar-refractivity contribution in [2.24, 2.45) is 5.84 Å². The molecule has 0 aliphatic carbocycles. The number of nitrogens with zero attached hydrogens (tertiary/aromatic N) is 1. The van der Waals surface area contributed by atoms with E-state index in [9.17, 15) is 4.39 Å².